The van der Waals surface area contributed by atoms with Gasteiger partial charge >= 0.3 is 5.69 Å². The summed E-state index contributed by atoms with van der Waals surface area (Å²) in [5.41, 5.74) is -0.947. The fourth-order valence-electron chi connectivity index (χ4n) is 0.779. The largest absolute Gasteiger partial charge is 0.502 e. The van der Waals surface area contributed by atoms with Crippen molar-refractivity contribution in [3.8, 4) is 5.75 Å². The Morgan fingerprint density at radius 3 is 2.38 bits per heavy atom. The fourth-order valence-corrected chi connectivity index (χ4v) is 0.779. The summed E-state index contributed by atoms with van der Waals surface area (Å²) in [4.78, 5) is 19.2. The number of aromatic hydroxyl groups is 1. The molecule has 0 amide bonds. The Morgan fingerprint density at radius 1 is 1.31 bits per heavy atom. The lowest BCUT2D eigenvalue weighted by molar-refractivity contribution is -0.730. The number of non-ortho nitro benzene ring substituents is 1. The van der Waals surface area contributed by atoms with Crippen LogP contribution in [0, 0.1) is 15.0 Å². The zero-order valence-corrected chi connectivity index (χ0v) is 6.25. The van der Waals surface area contributed by atoms with Crippen LogP contribution < -0.4 is 0 Å². The van der Waals surface area contributed by atoms with Gasteiger partial charge in [-0.2, -0.15) is 0 Å². The number of benzene rings is 1. The van der Waals surface area contributed by atoms with E-state index in [0.29, 0.717) is 0 Å². The summed E-state index contributed by atoms with van der Waals surface area (Å²) in [6.07, 6.45) is 0. The van der Waals surface area contributed by atoms with Crippen LogP contribution in [0.5, 0.6) is 5.75 Å². The van der Waals surface area contributed by atoms with Gasteiger partial charge in [-0.25, -0.2) is 5.21 Å². The fraction of sp³-hybridized carbons (Fsp3) is 0. The first-order chi connectivity index (χ1) is 6.02. The molecular formula is C6H5N2O5+. The van der Waals surface area contributed by atoms with Crippen molar-refractivity contribution in [1.29, 1.82) is 0 Å². The highest BCUT2D eigenvalue weighted by molar-refractivity contribution is 5.52. The molecule has 2 N–H and O–H groups in total. The summed E-state index contributed by atoms with van der Waals surface area (Å²) in [6.45, 7) is 0. The van der Waals surface area contributed by atoms with Crippen molar-refractivity contribution in [1.82, 2.24) is 0 Å². The molecule has 0 aromatic heterocycles. The van der Waals surface area contributed by atoms with Gasteiger partial charge in [0.15, 0.2) is 5.75 Å². The van der Waals surface area contributed by atoms with Crippen LogP contribution in [0.15, 0.2) is 18.2 Å². The van der Waals surface area contributed by atoms with Crippen molar-refractivity contribution in [3.05, 3.63) is 33.2 Å². The van der Waals surface area contributed by atoms with E-state index in [4.69, 9.17) is 10.3 Å². The second kappa shape index (κ2) is 3.05. The molecule has 1 rings (SSSR count). The number of rotatable bonds is 2. The third-order valence-electron chi connectivity index (χ3n) is 1.38. The number of nitro benzene ring substituents is 1. The summed E-state index contributed by atoms with van der Waals surface area (Å²) in [5, 5.41) is 27.6. The van der Waals surface area contributed by atoms with E-state index in [1.54, 1.807) is 0 Å². The van der Waals surface area contributed by atoms with Gasteiger partial charge < -0.3 is 5.11 Å². The topological polar surface area (TPSA) is 104 Å². The van der Waals surface area contributed by atoms with Crippen LogP contribution >= 0.6 is 0 Å². The second-order valence-electron chi connectivity index (χ2n) is 2.20. The average molecular weight is 185 g/mol. The zero-order valence-electron chi connectivity index (χ0n) is 6.25. The molecule has 0 atom stereocenters. The molecule has 0 spiro atoms. The molecule has 7 nitrogen and oxygen atoms in total. The van der Waals surface area contributed by atoms with E-state index in [1.165, 1.54) is 0 Å². The predicted octanol–water partition coefficient (Wildman–Crippen LogP) is 1.10. The first kappa shape index (κ1) is 8.91. The summed E-state index contributed by atoms with van der Waals surface area (Å²) in [7, 11) is 0. The lowest BCUT2D eigenvalue weighted by atomic mass is 10.2. The van der Waals surface area contributed by atoms with Gasteiger partial charge in [0, 0.05) is 6.07 Å². The Morgan fingerprint density at radius 2 is 1.92 bits per heavy atom. The van der Waals surface area contributed by atoms with Crippen molar-refractivity contribution in [3.63, 3.8) is 0 Å². The van der Waals surface area contributed by atoms with Gasteiger partial charge in [-0.05, 0) is 6.07 Å². The molecule has 1 aromatic rings. The average Bonchev–Trinajstić information content (AvgIpc) is 2.04. The lowest BCUT2D eigenvalue weighted by Crippen LogP contribution is -1.94. The maximum absolute atomic E-state index is 10.3. The Labute approximate surface area is 71.5 Å². The van der Waals surface area contributed by atoms with Crippen LogP contribution in [-0.2, 0) is 0 Å². The molecule has 0 aliphatic carbocycles. The summed E-state index contributed by atoms with van der Waals surface area (Å²) in [6, 6.07) is 2.74. The number of nitrogens with zero attached hydrogens (tertiary/aromatic N) is 2. The molecule has 0 aliphatic rings. The van der Waals surface area contributed by atoms with Gasteiger partial charge in [-0.3, -0.25) is 10.1 Å². The van der Waals surface area contributed by atoms with Crippen LogP contribution in [0.2, 0.25) is 0 Å². The van der Waals surface area contributed by atoms with Crippen LogP contribution in [0.4, 0.5) is 11.4 Å². The quantitative estimate of drug-likeness (QED) is 0.530. The third-order valence-corrected chi connectivity index (χ3v) is 1.38. The van der Waals surface area contributed by atoms with E-state index < -0.39 is 21.3 Å². The van der Waals surface area contributed by atoms with Crippen molar-refractivity contribution in [2.24, 2.45) is 0 Å². The van der Waals surface area contributed by atoms with Crippen LogP contribution in [-0.4, -0.2) is 20.2 Å². The van der Waals surface area contributed by atoms with Gasteiger partial charge in [0.05, 0.1) is 9.83 Å². The van der Waals surface area contributed by atoms with Crippen molar-refractivity contribution < 1.29 is 20.2 Å². The van der Waals surface area contributed by atoms with Gasteiger partial charge in [-0.15, -0.1) is 0 Å². The minimum absolute atomic E-state index is 0.386. The first-order valence-electron chi connectivity index (χ1n) is 3.16. The van der Waals surface area contributed by atoms with Crippen molar-refractivity contribution >= 4 is 11.4 Å². The third kappa shape index (κ3) is 1.70. The molecule has 13 heavy (non-hydrogen) atoms. The van der Waals surface area contributed by atoms with Gasteiger partial charge in [-0.1, -0.05) is 0 Å². The molecule has 7 heteroatoms. The summed E-state index contributed by atoms with van der Waals surface area (Å²) in [5.74, 6) is -0.525. The summed E-state index contributed by atoms with van der Waals surface area (Å²) >= 11 is 0. The van der Waals surface area contributed by atoms with Gasteiger partial charge in [0.1, 0.15) is 6.07 Å². The molecule has 0 radical (unpaired) electrons. The zero-order chi connectivity index (χ0) is 10.0. The number of nitro groups is 1. The van der Waals surface area contributed by atoms with E-state index in [2.05, 4.69) is 0 Å². The minimum Gasteiger partial charge on any atom is -0.502 e. The maximum atomic E-state index is 10.3. The normalized spacial score (nSPS) is 9.54. The van der Waals surface area contributed by atoms with Gasteiger partial charge in [0.2, 0.25) is 0 Å². The highest BCUT2D eigenvalue weighted by atomic mass is 16.6. The molecule has 0 fully saturated rings. The van der Waals surface area contributed by atoms with E-state index >= 15 is 0 Å². The molecule has 1 aromatic carbocycles. The molecular weight excluding hydrogens is 180 g/mol. The van der Waals surface area contributed by atoms with Gasteiger partial charge in [0.25, 0.3) is 10.6 Å². The van der Waals surface area contributed by atoms with E-state index in [9.17, 15) is 15.0 Å². The smallest absolute Gasteiger partial charge is 0.364 e. The number of phenolic OH excluding ortho intramolecular Hbond substituents is 1. The Bertz CT molecular complexity index is 375. The Balaban J connectivity index is 3.27. The standard InChI is InChI=1S/C6H4N2O5/c9-6-2-1-4(7(10)11)3-5(6)8(12)13/h1-3H,(H-,9,12,13)/p+1. The lowest BCUT2D eigenvalue weighted by Gasteiger charge is -1.91. The molecule has 0 aliphatic heterocycles. The Kier molecular flexibility index (Phi) is 2.09. The molecule has 0 saturated heterocycles. The monoisotopic (exact) mass is 185 g/mol. The molecule has 0 saturated carbocycles. The van der Waals surface area contributed by atoms with E-state index in [-0.39, 0.29) is 5.69 Å². The van der Waals surface area contributed by atoms with E-state index in [1.807, 2.05) is 0 Å². The summed E-state index contributed by atoms with van der Waals surface area (Å²) < 4.78 is 0. The van der Waals surface area contributed by atoms with E-state index in [0.717, 1.165) is 18.2 Å². The first-order valence-corrected chi connectivity index (χ1v) is 3.16. The molecule has 0 heterocycles. The minimum atomic E-state index is -0.744. The molecule has 0 unspecified atom stereocenters. The predicted molar refractivity (Wildman–Crippen MR) is 39.8 cm³/mol. The Hall–Kier alpha value is -2.18. The number of hydrogen-bond acceptors (Lipinski definition) is 4. The highest BCUT2D eigenvalue weighted by Crippen LogP contribution is 2.28. The SMILES string of the molecule is O=[N+]([O-])c1ccc(O)c([N+](=O)O)c1. The van der Waals surface area contributed by atoms with Crippen LogP contribution in [0.1, 0.15) is 0 Å². The second-order valence-corrected chi connectivity index (χ2v) is 2.20. The van der Waals surface area contributed by atoms with Crippen molar-refractivity contribution in [2.75, 3.05) is 0 Å². The highest BCUT2D eigenvalue weighted by Gasteiger charge is 2.22. The van der Waals surface area contributed by atoms with Crippen molar-refractivity contribution in [2.45, 2.75) is 0 Å². The molecule has 68 valence electrons. The van der Waals surface area contributed by atoms with Crippen LogP contribution in [0.3, 0.4) is 0 Å². The maximum Gasteiger partial charge on any atom is 0.364 e. The number of hydrogen-bond donors (Lipinski definition) is 2. The molecule has 0 bridgehead atoms. The van der Waals surface area contributed by atoms with Crippen LogP contribution in [0.25, 0.3) is 0 Å². The number of phenols is 1.